The lowest BCUT2D eigenvalue weighted by atomic mass is 9.85. The van der Waals surface area contributed by atoms with Crippen molar-refractivity contribution in [3.8, 4) is 0 Å². The summed E-state index contributed by atoms with van der Waals surface area (Å²) in [4.78, 5) is 42.3. The van der Waals surface area contributed by atoms with E-state index in [2.05, 4.69) is 15.9 Å². The Morgan fingerprint density at radius 2 is 1.97 bits per heavy atom. The molecule has 7 nitrogen and oxygen atoms in total. The van der Waals surface area contributed by atoms with Gasteiger partial charge in [-0.25, -0.2) is 14.5 Å². The number of ether oxygens (including phenoxy) is 2. The van der Waals surface area contributed by atoms with Crippen LogP contribution in [0.3, 0.4) is 0 Å². The summed E-state index contributed by atoms with van der Waals surface area (Å²) in [6.07, 6.45) is 0.758. The molecule has 3 amide bonds. The van der Waals surface area contributed by atoms with Gasteiger partial charge in [0, 0.05) is 19.0 Å². The number of carbonyl (C=O) groups excluding carboxylic acids is 3. The van der Waals surface area contributed by atoms with Crippen molar-refractivity contribution >= 4 is 45.4 Å². The molecule has 1 aromatic carbocycles. The Kier molecular flexibility index (Phi) is 7.86. The summed E-state index contributed by atoms with van der Waals surface area (Å²) in [5.74, 6) is -0.765. The van der Waals surface area contributed by atoms with E-state index in [1.165, 1.54) is 4.90 Å². The molecule has 0 bridgehead atoms. The predicted molar refractivity (Wildman–Crippen MR) is 137 cm³/mol. The standard InChI is InChI=1S/C26H31BrN2O5S/c1-26(2,3)34-24(31)28-10-9-19(14-28)21(12-18-13-22(27)35-16-18)23(30)29-20(15-33-25(29)32)11-17-7-5-4-6-8-17/h4-8,13,16,19-21H,9-12,14-15H2,1-3H3/t19-,20-,21-/m0/s1. The number of thiophene rings is 1. The third-order valence-corrected chi connectivity index (χ3v) is 7.91. The molecule has 2 fully saturated rings. The molecule has 0 radical (unpaired) electrons. The Balaban J connectivity index is 1.54. The van der Waals surface area contributed by atoms with Crippen LogP contribution in [-0.2, 0) is 27.1 Å². The molecule has 2 aromatic rings. The number of halogens is 1. The van der Waals surface area contributed by atoms with Crippen molar-refractivity contribution < 1.29 is 23.9 Å². The maximum atomic E-state index is 13.9. The third-order valence-electron chi connectivity index (χ3n) is 6.35. The van der Waals surface area contributed by atoms with Crippen molar-refractivity contribution in [3.63, 3.8) is 0 Å². The van der Waals surface area contributed by atoms with Crippen LogP contribution >= 0.6 is 27.3 Å². The fraction of sp³-hybridized carbons (Fsp3) is 0.500. The first-order valence-electron chi connectivity index (χ1n) is 11.9. The molecule has 0 spiro atoms. The molecule has 3 atom stereocenters. The lowest BCUT2D eigenvalue weighted by Gasteiger charge is -2.29. The molecule has 9 heteroatoms. The number of hydrogen-bond acceptors (Lipinski definition) is 6. The van der Waals surface area contributed by atoms with E-state index in [1.54, 1.807) is 16.2 Å². The van der Waals surface area contributed by atoms with Crippen LogP contribution in [0.25, 0.3) is 0 Å². The maximum Gasteiger partial charge on any atom is 0.416 e. The van der Waals surface area contributed by atoms with Gasteiger partial charge in [0.15, 0.2) is 0 Å². The van der Waals surface area contributed by atoms with E-state index in [-0.39, 0.29) is 30.6 Å². The topological polar surface area (TPSA) is 76.2 Å². The number of nitrogens with zero attached hydrogens (tertiary/aromatic N) is 2. The van der Waals surface area contributed by atoms with Crippen LogP contribution in [0.15, 0.2) is 45.6 Å². The van der Waals surface area contributed by atoms with E-state index < -0.39 is 17.6 Å². The molecule has 4 rings (SSSR count). The minimum absolute atomic E-state index is 0.0838. The van der Waals surface area contributed by atoms with Crippen LogP contribution in [0.1, 0.15) is 38.3 Å². The number of hydrogen-bond donors (Lipinski definition) is 0. The van der Waals surface area contributed by atoms with E-state index in [4.69, 9.17) is 9.47 Å². The minimum Gasteiger partial charge on any atom is -0.447 e. The largest absolute Gasteiger partial charge is 0.447 e. The Morgan fingerprint density at radius 3 is 2.63 bits per heavy atom. The molecular weight excluding hydrogens is 532 g/mol. The Hall–Kier alpha value is -2.39. The quantitative estimate of drug-likeness (QED) is 0.463. The second-order valence-electron chi connectivity index (χ2n) is 10.2. The van der Waals surface area contributed by atoms with Gasteiger partial charge in [-0.1, -0.05) is 30.3 Å². The highest BCUT2D eigenvalue weighted by Gasteiger charge is 2.45. The predicted octanol–water partition coefficient (Wildman–Crippen LogP) is 5.52. The van der Waals surface area contributed by atoms with Crippen molar-refractivity contribution in [1.29, 1.82) is 0 Å². The highest BCUT2D eigenvalue weighted by molar-refractivity contribution is 9.11. The lowest BCUT2D eigenvalue weighted by molar-refractivity contribution is -0.135. The Bertz CT molecular complexity index is 1070. The number of rotatable bonds is 6. The second kappa shape index (κ2) is 10.7. The molecule has 2 aliphatic heterocycles. The molecule has 0 N–H and O–H groups in total. The van der Waals surface area contributed by atoms with Crippen molar-refractivity contribution in [3.05, 3.63) is 56.7 Å². The molecule has 0 unspecified atom stereocenters. The summed E-state index contributed by atoms with van der Waals surface area (Å²) < 4.78 is 11.9. The van der Waals surface area contributed by atoms with Gasteiger partial charge in [0.05, 0.1) is 9.83 Å². The van der Waals surface area contributed by atoms with Gasteiger partial charge in [-0.2, -0.15) is 0 Å². The molecule has 35 heavy (non-hydrogen) atoms. The van der Waals surface area contributed by atoms with Gasteiger partial charge in [-0.3, -0.25) is 4.79 Å². The zero-order valence-corrected chi connectivity index (χ0v) is 22.6. The molecule has 1 aromatic heterocycles. The lowest BCUT2D eigenvalue weighted by Crippen LogP contribution is -2.46. The fourth-order valence-corrected chi connectivity index (χ4v) is 5.94. The fourth-order valence-electron chi connectivity index (χ4n) is 4.72. The number of cyclic esters (lactones) is 1. The van der Waals surface area contributed by atoms with Crippen LogP contribution in [0.5, 0.6) is 0 Å². The number of likely N-dealkylation sites (tertiary alicyclic amines) is 1. The minimum atomic E-state index is -0.588. The first-order valence-corrected chi connectivity index (χ1v) is 13.5. The van der Waals surface area contributed by atoms with Crippen LogP contribution < -0.4 is 0 Å². The SMILES string of the molecule is CC(C)(C)OC(=O)N1CC[C@H]([C@H](Cc2csc(Br)c2)C(=O)N2C(=O)OC[C@@H]2Cc2ccccc2)C1. The van der Waals surface area contributed by atoms with E-state index in [0.717, 1.165) is 14.9 Å². The normalized spacial score (nSPS) is 21.2. The molecule has 0 aliphatic carbocycles. The molecule has 0 saturated carbocycles. The first kappa shape index (κ1) is 25.7. The van der Waals surface area contributed by atoms with Gasteiger partial charge in [0.25, 0.3) is 0 Å². The molecule has 3 heterocycles. The van der Waals surface area contributed by atoms with Crippen molar-refractivity contribution in [2.45, 2.75) is 51.7 Å². The maximum absolute atomic E-state index is 13.9. The van der Waals surface area contributed by atoms with E-state index in [9.17, 15) is 14.4 Å². The molecule has 188 valence electrons. The Morgan fingerprint density at radius 1 is 1.23 bits per heavy atom. The van der Waals surface area contributed by atoms with Gasteiger partial charge < -0.3 is 14.4 Å². The highest BCUT2D eigenvalue weighted by Crippen LogP contribution is 2.33. The zero-order valence-electron chi connectivity index (χ0n) is 20.2. The molecule has 2 aliphatic rings. The van der Waals surface area contributed by atoms with Gasteiger partial charge in [-0.15, -0.1) is 11.3 Å². The molecular formula is C26H31BrN2O5S. The van der Waals surface area contributed by atoms with Gasteiger partial charge >= 0.3 is 12.2 Å². The summed E-state index contributed by atoms with van der Waals surface area (Å²) >= 11 is 5.06. The summed E-state index contributed by atoms with van der Waals surface area (Å²) in [5, 5.41) is 2.02. The van der Waals surface area contributed by atoms with E-state index >= 15 is 0 Å². The van der Waals surface area contributed by atoms with Crippen molar-refractivity contribution in [2.24, 2.45) is 11.8 Å². The molecule has 2 saturated heterocycles. The number of carbonyl (C=O) groups is 3. The van der Waals surface area contributed by atoms with E-state index in [0.29, 0.717) is 32.4 Å². The number of imide groups is 1. The third kappa shape index (κ3) is 6.44. The second-order valence-corrected chi connectivity index (χ2v) is 12.5. The first-order chi connectivity index (χ1) is 16.6. The van der Waals surface area contributed by atoms with Crippen LogP contribution in [0, 0.1) is 11.8 Å². The van der Waals surface area contributed by atoms with Crippen LogP contribution in [0.2, 0.25) is 0 Å². The van der Waals surface area contributed by atoms with Crippen LogP contribution in [-0.4, -0.2) is 59.2 Å². The van der Waals surface area contributed by atoms with Crippen LogP contribution in [0.4, 0.5) is 9.59 Å². The monoisotopic (exact) mass is 562 g/mol. The summed E-state index contributed by atoms with van der Waals surface area (Å²) in [5.41, 5.74) is 1.49. The average Bonchev–Trinajstić information content (AvgIpc) is 3.52. The van der Waals surface area contributed by atoms with Gasteiger partial charge in [-0.05, 0) is 84.5 Å². The summed E-state index contributed by atoms with van der Waals surface area (Å²) in [6.45, 7) is 6.64. The number of benzene rings is 1. The highest BCUT2D eigenvalue weighted by atomic mass is 79.9. The van der Waals surface area contributed by atoms with Crippen molar-refractivity contribution in [2.75, 3.05) is 19.7 Å². The summed E-state index contributed by atoms with van der Waals surface area (Å²) in [6, 6.07) is 11.5. The average molecular weight is 564 g/mol. The zero-order chi connectivity index (χ0) is 25.2. The summed E-state index contributed by atoms with van der Waals surface area (Å²) in [7, 11) is 0. The van der Waals surface area contributed by atoms with Crippen molar-refractivity contribution in [1.82, 2.24) is 9.80 Å². The van der Waals surface area contributed by atoms with Gasteiger partial charge in [0.2, 0.25) is 5.91 Å². The number of amides is 3. The van der Waals surface area contributed by atoms with Gasteiger partial charge in [0.1, 0.15) is 12.2 Å². The van der Waals surface area contributed by atoms with E-state index in [1.807, 2.05) is 62.5 Å². The Labute approximate surface area is 218 Å². The smallest absolute Gasteiger partial charge is 0.416 e.